The fourth-order valence-electron chi connectivity index (χ4n) is 2.15. The van der Waals surface area contributed by atoms with Gasteiger partial charge in [0.15, 0.2) is 12.4 Å². The molecule has 0 saturated carbocycles. The fraction of sp³-hybridized carbons (Fsp3) is 0.600. The third kappa shape index (κ3) is 2.99. The minimum absolute atomic E-state index is 0.0391. The smallest absolute Gasteiger partial charge is 0.351 e. The van der Waals surface area contributed by atoms with Crippen LogP contribution < -0.4 is 11.4 Å². The lowest BCUT2D eigenvalue weighted by atomic mass is 9.99. The van der Waals surface area contributed by atoms with Gasteiger partial charge in [0.25, 0.3) is 0 Å². The number of aliphatic hydroxyl groups excluding tert-OH is 1. The molecule has 0 aliphatic carbocycles. The van der Waals surface area contributed by atoms with Crippen molar-refractivity contribution in [2.24, 2.45) is 0 Å². The van der Waals surface area contributed by atoms with Crippen molar-refractivity contribution in [3.63, 3.8) is 0 Å². The molecule has 2 heterocycles. The first-order valence-electron chi connectivity index (χ1n) is 5.95. The van der Waals surface area contributed by atoms with E-state index in [1.807, 2.05) is 0 Å². The van der Waals surface area contributed by atoms with E-state index in [-0.39, 0.29) is 5.82 Å². The van der Waals surface area contributed by atoms with E-state index >= 15 is 0 Å². The first-order chi connectivity index (χ1) is 9.78. The second-order valence-corrected chi connectivity index (χ2v) is 5.54. The summed E-state index contributed by atoms with van der Waals surface area (Å²) < 4.78 is 36.1. The number of aromatic nitrogens is 2. The summed E-state index contributed by atoms with van der Waals surface area (Å²) in [5.74, 6) is -0.0391. The van der Waals surface area contributed by atoms with Gasteiger partial charge in [-0.25, -0.2) is 9.18 Å². The highest BCUT2D eigenvalue weighted by Gasteiger charge is 2.55. The van der Waals surface area contributed by atoms with Crippen LogP contribution in [-0.2, 0) is 13.8 Å². The van der Waals surface area contributed by atoms with E-state index in [0.29, 0.717) is 0 Å². The summed E-state index contributed by atoms with van der Waals surface area (Å²) in [7, 11) is -3.46. The van der Waals surface area contributed by atoms with E-state index in [0.717, 1.165) is 4.57 Å². The Kier molecular flexibility index (Phi) is 4.45. The summed E-state index contributed by atoms with van der Waals surface area (Å²) in [6.45, 7) is 0.645. The maximum atomic E-state index is 14.4. The van der Waals surface area contributed by atoms with Gasteiger partial charge in [0.2, 0.25) is 0 Å². The molecule has 21 heavy (non-hydrogen) atoms. The van der Waals surface area contributed by atoms with Gasteiger partial charge in [0.1, 0.15) is 17.5 Å². The monoisotopic (exact) mass is 323 g/mol. The predicted molar refractivity (Wildman–Crippen MR) is 69.5 cm³/mol. The van der Waals surface area contributed by atoms with Crippen molar-refractivity contribution in [1.82, 2.24) is 9.55 Å². The van der Waals surface area contributed by atoms with Crippen LogP contribution in [0.5, 0.6) is 0 Å². The largest absolute Gasteiger partial charge is 0.393 e. The molecule has 1 aromatic rings. The Balaban J connectivity index is 2.38. The molecule has 5 atom stereocenters. The highest BCUT2D eigenvalue weighted by atomic mass is 31.1. The van der Waals surface area contributed by atoms with Crippen LogP contribution >= 0.6 is 8.25 Å². The molecule has 1 fully saturated rings. The lowest BCUT2D eigenvalue weighted by Crippen LogP contribution is -2.43. The normalized spacial score (nSPS) is 34.0. The van der Waals surface area contributed by atoms with Gasteiger partial charge in [-0.2, -0.15) is 4.98 Å². The Morgan fingerprint density at radius 3 is 2.90 bits per heavy atom. The number of nitrogen functional groups attached to an aromatic ring is 1. The summed E-state index contributed by atoms with van der Waals surface area (Å²) in [6.07, 6.45) is -3.72. The van der Waals surface area contributed by atoms with Gasteiger partial charge < -0.3 is 25.0 Å². The molecule has 11 heteroatoms. The van der Waals surface area contributed by atoms with Crippen molar-refractivity contribution in [3.8, 4) is 0 Å². The second kappa shape index (κ2) is 5.82. The molecule has 0 bridgehead atoms. The molecule has 1 aliphatic heterocycles. The third-order valence-electron chi connectivity index (χ3n) is 3.22. The highest BCUT2D eigenvalue weighted by Crippen LogP contribution is 2.43. The summed E-state index contributed by atoms with van der Waals surface area (Å²) in [5.41, 5.74) is 2.92. The summed E-state index contributed by atoms with van der Waals surface area (Å²) in [6, 6.07) is 1.27. The molecule has 1 aromatic heterocycles. The van der Waals surface area contributed by atoms with Gasteiger partial charge in [-0.15, -0.1) is 0 Å². The Hall–Kier alpha value is -1.32. The fourth-order valence-corrected chi connectivity index (χ4v) is 2.75. The van der Waals surface area contributed by atoms with Gasteiger partial charge in [-0.1, -0.05) is 0 Å². The number of ether oxygens (including phenoxy) is 1. The van der Waals surface area contributed by atoms with E-state index in [1.165, 1.54) is 19.2 Å². The van der Waals surface area contributed by atoms with E-state index in [9.17, 15) is 18.9 Å². The van der Waals surface area contributed by atoms with Gasteiger partial charge in [0.05, 0.1) is 6.61 Å². The van der Waals surface area contributed by atoms with Crippen LogP contribution in [0.1, 0.15) is 13.2 Å². The van der Waals surface area contributed by atoms with Crippen LogP contribution in [0.4, 0.5) is 10.2 Å². The zero-order valence-corrected chi connectivity index (χ0v) is 12.0. The SMILES string of the molecule is C[C@]1(CO)O[C@@H](n2ccc(N)nc2=O)[C@@H](F)C1O[PH](=O)O. The Labute approximate surface area is 119 Å². The van der Waals surface area contributed by atoms with Crippen LogP contribution in [0.2, 0.25) is 0 Å². The van der Waals surface area contributed by atoms with Crippen molar-refractivity contribution in [2.45, 2.75) is 31.0 Å². The van der Waals surface area contributed by atoms with Crippen molar-refractivity contribution >= 4 is 14.1 Å². The van der Waals surface area contributed by atoms with Gasteiger partial charge in [0, 0.05) is 6.20 Å². The Morgan fingerprint density at radius 2 is 2.38 bits per heavy atom. The van der Waals surface area contributed by atoms with Crippen molar-refractivity contribution in [3.05, 3.63) is 22.7 Å². The highest BCUT2D eigenvalue weighted by molar-refractivity contribution is 7.32. The average molecular weight is 323 g/mol. The van der Waals surface area contributed by atoms with Crippen LogP contribution in [0.3, 0.4) is 0 Å². The standard InChI is InChI=1S/C10H15FN3O6P/c1-10(4-15)7(20-21(17)18)6(11)8(19-10)14-3-2-5(12)13-9(14)16/h2-3,6-8,15,21H,4H2,1H3,(H,17,18)(H2,12,13,16)/t6-,7?,8+,10+/m0/s1. The van der Waals surface area contributed by atoms with Crippen LogP contribution in [0.25, 0.3) is 0 Å². The number of hydrogen-bond donors (Lipinski definition) is 3. The minimum Gasteiger partial charge on any atom is -0.393 e. The molecule has 1 saturated heterocycles. The number of aliphatic hydroxyl groups is 1. The van der Waals surface area contributed by atoms with Crippen molar-refractivity contribution in [2.75, 3.05) is 12.3 Å². The molecular weight excluding hydrogens is 308 g/mol. The van der Waals surface area contributed by atoms with Gasteiger partial charge >= 0.3 is 13.9 Å². The molecule has 0 spiro atoms. The molecule has 9 nitrogen and oxygen atoms in total. The van der Waals surface area contributed by atoms with Crippen molar-refractivity contribution < 1.29 is 28.2 Å². The summed E-state index contributed by atoms with van der Waals surface area (Å²) >= 11 is 0. The first kappa shape index (κ1) is 16.1. The number of nitrogens with two attached hydrogens (primary N) is 1. The number of nitrogens with zero attached hydrogens (tertiary/aromatic N) is 2. The predicted octanol–water partition coefficient (Wildman–Crippen LogP) is -0.789. The molecule has 1 aliphatic rings. The van der Waals surface area contributed by atoms with Crippen molar-refractivity contribution in [1.29, 1.82) is 0 Å². The number of anilines is 1. The van der Waals surface area contributed by atoms with Gasteiger partial charge in [-0.3, -0.25) is 9.13 Å². The van der Waals surface area contributed by atoms with Gasteiger partial charge in [-0.05, 0) is 13.0 Å². The molecule has 0 aromatic carbocycles. The number of hydrogen-bond acceptors (Lipinski definition) is 7. The van der Waals surface area contributed by atoms with E-state index in [1.54, 1.807) is 0 Å². The zero-order chi connectivity index (χ0) is 15.8. The molecular formula is C10H15FN3O6P. The van der Waals surface area contributed by atoms with Crippen LogP contribution in [0, 0.1) is 0 Å². The average Bonchev–Trinajstić information content (AvgIpc) is 2.64. The molecule has 0 amide bonds. The lowest BCUT2D eigenvalue weighted by Gasteiger charge is -2.26. The third-order valence-corrected chi connectivity index (χ3v) is 3.68. The molecule has 0 radical (unpaired) electrons. The summed E-state index contributed by atoms with van der Waals surface area (Å²) in [5, 5.41) is 9.34. The van der Waals surface area contributed by atoms with Crippen LogP contribution in [0.15, 0.2) is 17.1 Å². The number of alkyl halides is 1. The molecule has 2 rings (SSSR count). The Bertz CT molecular complexity index is 613. The maximum Gasteiger partial charge on any atom is 0.351 e. The topological polar surface area (TPSA) is 137 Å². The first-order valence-corrected chi connectivity index (χ1v) is 7.22. The lowest BCUT2D eigenvalue weighted by molar-refractivity contribution is -0.113. The van der Waals surface area contributed by atoms with E-state index in [4.69, 9.17) is 15.4 Å². The number of halogens is 1. The second-order valence-electron chi connectivity index (χ2n) is 4.77. The Morgan fingerprint density at radius 1 is 1.71 bits per heavy atom. The summed E-state index contributed by atoms with van der Waals surface area (Å²) in [4.78, 5) is 24.0. The molecule has 118 valence electrons. The molecule has 4 N–H and O–H groups in total. The maximum absolute atomic E-state index is 14.4. The number of rotatable bonds is 4. The van der Waals surface area contributed by atoms with E-state index < -0.39 is 44.7 Å². The minimum atomic E-state index is -3.46. The quantitative estimate of drug-likeness (QED) is 0.613. The molecule has 2 unspecified atom stereocenters. The van der Waals surface area contributed by atoms with Crippen LogP contribution in [-0.4, -0.2) is 44.0 Å². The zero-order valence-electron chi connectivity index (χ0n) is 11.0. The van der Waals surface area contributed by atoms with E-state index in [2.05, 4.69) is 9.51 Å².